The number of ether oxygens (including phenoxy) is 1. The van der Waals surface area contributed by atoms with Gasteiger partial charge < -0.3 is 9.64 Å². The highest BCUT2D eigenvalue weighted by molar-refractivity contribution is 7.91. The molecule has 1 amide bonds. The first kappa shape index (κ1) is 16.4. The second-order valence-electron chi connectivity index (χ2n) is 6.43. The number of aromatic nitrogens is 3. The van der Waals surface area contributed by atoms with E-state index in [1.165, 1.54) is 12.8 Å². The van der Waals surface area contributed by atoms with Crippen molar-refractivity contribution in [2.75, 3.05) is 32.3 Å². The minimum absolute atomic E-state index is 0.282. The van der Waals surface area contributed by atoms with Crippen LogP contribution in [-0.2, 0) is 32.3 Å². The highest BCUT2D eigenvalue weighted by atomic mass is 32.2. The van der Waals surface area contributed by atoms with E-state index in [4.69, 9.17) is 4.74 Å². The molecule has 0 unspecified atom stereocenters. The molecule has 1 fully saturated rings. The van der Waals surface area contributed by atoms with Gasteiger partial charge in [-0.15, -0.1) is 5.10 Å². The maximum absolute atomic E-state index is 12.3. The maximum atomic E-state index is 12.3. The molecule has 3 rings (SSSR count). The fourth-order valence-electron chi connectivity index (χ4n) is 3.02. The van der Waals surface area contributed by atoms with Crippen LogP contribution in [0.2, 0.25) is 0 Å². The average Bonchev–Trinajstić information content (AvgIpc) is 3.17. The number of fused-ring (bicyclic) bond motifs is 1. The zero-order valence-electron chi connectivity index (χ0n) is 13.4. The van der Waals surface area contributed by atoms with Crippen LogP contribution in [0.15, 0.2) is 0 Å². The zero-order valence-corrected chi connectivity index (χ0v) is 14.3. The van der Waals surface area contributed by atoms with E-state index in [1.54, 1.807) is 12.0 Å². The molecule has 8 nitrogen and oxygen atoms in total. The quantitative estimate of drug-likeness (QED) is 0.711. The lowest BCUT2D eigenvalue weighted by Gasteiger charge is -2.34. The van der Waals surface area contributed by atoms with Crippen LogP contribution in [-0.4, -0.2) is 66.5 Å². The van der Waals surface area contributed by atoms with Gasteiger partial charge in [0.2, 0.25) is 5.91 Å². The number of sulfone groups is 1. The van der Waals surface area contributed by atoms with Crippen molar-refractivity contribution >= 4 is 15.7 Å². The Morgan fingerprint density at radius 3 is 2.74 bits per heavy atom. The molecule has 23 heavy (non-hydrogen) atoms. The molecule has 128 valence electrons. The molecule has 1 atom stereocenters. The van der Waals surface area contributed by atoms with Gasteiger partial charge >= 0.3 is 0 Å². The molecule has 1 aromatic heterocycles. The van der Waals surface area contributed by atoms with E-state index in [1.807, 2.05) is 4.68 Å². The summed E-state index contributed by atoms with van der Waals surface area (Å²) in [6, 6.07) is -0.369. The third-order valence-corrected chi connectivity index (χ3v) is 5.08. The summed E-state index contributed by atoms with van der Waals surface area (Å²) < 4.78 is 30.0. The van der Waals surface area contributed by atoms with E-state index >= 15 is 0 Å². The molecule has 1 saturated carbocycles. The molecule has 0 aromatic carbocycles. The molecule has 0 saturated heterocycles. The molecule has 2 heterocycles. The SMILES string of the molecule is COC[C@H]1c2nnn(CC3CC3)c2CCN1C(=O)CS(C)(=O)=O. The number of carbonyl (C=O) groups excluding carboxylic acids is 1. The van der Waals surface area contributed by atoms with Gasteiger partial charge in [0, 0.05) is 32.9 Å². The van der Waals surface area contributed by atoms with Gasteiger partial charge in [-0.25, -0.2) is 13.1 Å². The largest absolute Gasteiger partial charge is 0.382 e. The first-order chi connectivity index (χ1) is 10.9. The second kappa shape index (κ2) is 6.20. The average molecular weight is 342 g/mol. The summed E-state index contributed by atoms with van der Waals surface area (Å²) in [5.74, 6) is -0.206. The van der Waals surface area contributed by atoms with E-state index in [0.29, 0.717) is 18.9 Å². The van der Waals surface area contributed by atoms with Crippen molar-refractivity contribution < 1.29 is 17.9 Å². The Balaban J connectivity index is 1.83. The van der Waals surface area contributed by atoms with Crippen LogP contribution in [0.1, 0.15) is 30.3 Å². The summed E-state index contributed by atoms with van der Waals surface area (Å²) in [7, 11) is -1.81. The van der Waals surface area contributed by atoms with Gasteiger partial charge in [0.05, 0.1) is 12.3 Å². The second-order valence-corrected chi connectivity index (χ2v) is 8.57. The van der Waals surface area contributed by atoms with Crippen molar-refractivity contribution in [3.05, 3.63) is 11.4 Å². The summed E-state index contributed by atoms with van der Waals surface area (Å²) >= 11 is 0. The molecule has 0 N–H and O–H groups in total. The first-order valence-corrected chi connectivity index (χ1v) is 9.83. The molecule has 1 aliphatic carbocycles. The number of hydrogen-bond donors (Lipinski definition) is 0. The summed E-state index contributed by atoms with van der Waals surface area (Å²) in [5, 5.41) is 8.49. The van der Waals surface area contributed by atoms with Crippen molar-refractivity contribution in [3.63, 3.8) is 0 Å². The van der Waals surface area contributed by atoms with Crippen molar-refractivity contribution in [2.24, 2.45) is 5.92 Å². The Bertz CT molecular complexity index is 696. The molecule has 0 bridgehead atoms. The van der Waals surface area contributed by atoms with Crippen LogP contribution >= 0.6 is 0 Å². The summed E-state index contributed by atoms with van der Waals surface area (Å²) in [6.07, 6.45) is 4.17. The van der Waals surface area contributed by atoms with Gasteiger partial charge in [-0.2, -0.15) is 0 Å². The third-order valence-electron chi connectivity index (χ3n) is 4.31. The van der Waals surface area contributed by atoms with Crippen LogP contribution in [0.4, 0.5) is 0 Å². The highest BCUT2D eigenvalue weighted by Gasteiger charge is 2.36. The molecule has 1 aromatic rings. The fourth-order valence-corrected chi connectivity index (χ4v) is 3.63. The lowest BCUT2D eigenvalue weighted by Crippen LogP contribution is -2.44. The van der Waals surface area contributed by atoms with Gasteiger partial charge in [0.1, 0.15) is 17.5 Å². The topological polar surface area (TPSA) is 94.4 Å². The molecule has 9 heteroatoms. The van der Waals surface area contributed by atoms with Gasteiger partial charge in [-0.1, -0.05) is 5.21 Å². The van der Waals surface area contributed by atoms with E-state index in [2.05, 4.69) is 10.3 Å². The smallest absolute Gasteiger partial charge is 0.238 e. The molecule has 0 radical (unpaired) electrons. The van der Waals surface area contributed by atoms with Crippen molar-refractivity contribution in [1.82, 2.24) is 19.9 Å². The monoisotopic (exact) mass is 342 g/mol. The molecule has 0 spiro atoms. The first-order valence-electron chi connectivity index (χ1n) is 7.77. The summed E-state index contributed by atoms with van der Waals surface area (Å²) in [6.45, 7) is 1.62. The Kier molecular flexibility index (Phi) is 4.41. The van der Waals surface area contributed by atoms with Crippen LogP contribution in [0.25, 0.3) is 0 Å². The lowest BCUT2D eigenvalue weighted by molar-refractivity contribution is -0.132. The van der Waals surface area contributed by atoms with Crippen molar-refractivity contribution in [2.45, 2.75) is 31.8 Å². The standard InChI is InChI=1S/C14H22N4O4S/c1-22-8-12-14-11(18(16-15-14)7-10-3-4-10)5-6-17(12)13(19)9-23(2,20)21/h10,12H,3-9H2,1-2H3/t12-/m0/s1. The Labute approximate surface area is 135 Å². The molecule has 2 aliphatic rings. The van der Waals surface area contributed by atoms with Crippen LogP contribution in [0.3, 0.4) is 0 Å². The molecular weight excluding hydrogens is 320 g/mol. The van der Waals surface area contributed by atoms with Crippen molar-refractivity contribution in [3.8, 4) is 0 Å². The Morgan fingerprint density at radius 2 is 2.13 bits per heavy atom. The van der Waals surface area contributed by atoms with Crippen molar-refractivity contribution in [1.29, 1.82) is 0 Å². The number of rotatable bonds is 6. The number of amides is 1. The minimum Gasteiger partial charge on any atom is -0.382 e. The third kappa shape index (κ3) is 3.72. The number of carbonyl (C=O) groups is 1. The van der Waals surface area contributed by atoms with Gasteiger partial charge in [0.25, 0.3) is 0 Å². The normalized spacial score (nSPS) is 21.3. The summed E-state index contributed by atoms with van der Waals surface area (Å²) in [4.78, 5) is 13.9. The Morgan fingerprint density at radius 1 is 1.39 bits per heavy atom. The molecule has 1 aliphatic heterocycles. The highest BCUT2D eigenvalue weighted by Crippen LogP contribution is 2.33. The number of hydrogen-bond acceptors (Lipinski definition) is 6. The predicted molar refractivity (Wildman–Crippen MR) is 82.5 cm³/mol. The van der Waals surface area contributed by atoms with E-state index in [-0.39, 0.29) is 12.6 Å². The minimum atomic E-state index is -3.36. The molecular formula is C14H22N4O4S. The fraction of sp³-hybridized carbons (Fsp3) is 0.786. The van der Waals surface area contributed by atoms with Gasteiger partial charge in [0.15, 0.2) is 9.84 Å². The van der Waals surface area contributed by atoms with E-state index in [0.717, 1.165) is 24.2 Å². The lowest BCUT2D eigenvalue weighted by atomic mass is 10.0. The van der Waals surface area contributed by atoms with E-state index in [9.17, 15) is 13.2 Å². The zero-order chi connectivity index (χ0) is 16.6. The predicted octanol–water partition coefficient (Wildman–Crippen LogP) is -0.195. The maximum Gasteiger partial charge on any atom is 0.238 e. The number of nitrogens with zero attached hydrogens (tertiary/aromatic N) is 4. The van der Waals surface area contributed by atoms with Crippen LogP contribution in [0, 0.1) is 5.92 Å². The van der Waals surface area contributed by atoms with E-state index < -0.39 is 21.5 Å². The van der Waals surface area contributed by atoms with Crippen LogP contribution < -0.4 is 0 Å². The van der Waals surface area contributed by atoms with Gasteiger partial charge in [-0.05, 0) is 18.8 Å². The van der Waals surface area contributed by atoms with Gasteiger partial charge in [-0.3, -0.25) is 4.79 Å². The Hall–Kier alpha value is -1.48. The summed E-state index contributed by atoms with van der Waals surface area (Å²) in [5.41, 5.74) is 1.78. The number of methoxy groups -OCH3 is 1. The van der Waals surface area contributed by atoms with Crippen LogP contribution in [0.5, 0.6) is 0 Å².